The van der Waals surface area contributed by atoms with Crippen LogP contribution in [0.15, 0.2) is 0 Å². The molecule has 0 aliphatic carbocycles. The van der Waals surface area contributed by atoms with E-state index in [9.17, 15) is 13.2 Å². The molecule has 1 aliphatic rings. The smallest absolute Gasteiger partial charge is 0.235 e. The molecule has 0 unspecified atom stereocenters. The molecule has 20 heavy (non-hydrogen) atoms. The van der Waals surface area contributed by atoms with Gasteiger partial charge in [0.15, 0.2) is 0 Å². The van der Waals surface area contributed by atoms with Crippen molar-refractivity contribution in [1.82, 2.24) is 4.90 Å². The van der Waals surface area contributed by atoms with Crippen LogP contribution in [-0.2, 0) is 14.8 Å². The van der Waals surface area contributed by atoms with E-state index in [1.807, 2.05) is 11.8 Å². The highest BCUT2D eigenvalue weighted by Crippen LogP contribution is 2.22. The number of carbonyl (C=O) groups excluding carboxylic acids is 1. The molecule has 5 nitrogen and oxygen atoms in total. The summed E-state index contributed by atoms with van der Waals surface area (Å²) in [7, 11) is -3.40. The van der Waals surface area contributed by atoms with E-state index >= 15 is 0 Å². The fourth-order valence-electron chi connectivity index (χ4n) is 2.38. The second-order valence-corrected chi connectivity index (χ2v) is 8.57. The number of sulfonamides is 1. The molecule has 1 fully saturated rings. The van der Waals surface area contributed by atoms with E-state index in [1.165, 1.54) is 0 Å². The molecule has 0 saturated carbocycles. The van der Waals surface area contributed by atoms with Crippen LogP contribution in [0.5, 0.6) is 0 Å². The molecule has 1 rings (SSSR count). The average Bonchev–Trinajstić information content (AvgIpc) is 2.37. The fourth-order valence-corrected chi connectivity index (χ4v) is 4.47. The minimum Gasteiger partial charge on any atom is -0.342 e. The summed E-state index contributed by atoms with van der Waals surface area (Å²) in [4.78, 5) is 14.1. The van der Waals surface area contributed by atoms with Crippen LogP contribution in [0.25, 0.3) is 0 Å². The largest absolute Gasteiger partial charge is 0.342 e. The summed E-state index contributed by atoms with van der Waals surface area (Å²) in [5.74, 6) is 1.33. The van der Waals surface area contributed by atoms with E-state index < -0.39 is 10.0 Å². The van der Waals surface area contributed by atoms with Gasteiger partial charge in [0.1, 0.15) is 0 Å². The van der Waals surface area contributed by atoms with Crippen molar-refractivity contribution in [3.05, 3.63) is 0 Å². The summed E-state index contributed by atoms with van der Waals surface area (Å²) >= 11 is 1.71. The Bertz CT molecular complexity index is 404. The zero-order chi connectivity index (χ0) is 15.2. The van der Waals surface area contributed by atoms with Crippen LogP contribution >= 0.6 is 11.8 Å². The molecule has 0 bridgehead atoms. The number of hydrogen-bond acceptors (Lipinski definition) is 4. The van der Waals surface area contributed by atoms with Crippen LogP contribution < -0.4 is 5.14 Å². The summed E-state index contributed by atoms with van der Waals surface area (Å²) in [6, 6.07) is 0. The van der Waals surface area contributed by atoms with Crippen LogP contribution in [0.4, 0.5) is 0 Å². The van der Waals surface area contributed by atoms with Gasteiger partial charge in [0.2, 0.25) is 15.9 Å². The zero-order valence-corrected chi connectivity index (χ0v) is 14.0. The Morgan fingerprint density at radius 2 is 2.00 bits per heavy atom. The molecule has 1 saturated heterocycles. The Labute approximate surface area is 126 Å². The second kappa shape index (κ2) is 8.24. The van der Waals surface area contributed by atoms with Crippen molar-refractivity contribution < 1.29 is 13.2 Å². The molecule has 7 heteroatoms. The molecule has 1 heterocycles. The van der Waals surface area contributed by atoms with E-state index in [0.29, 0.717) is 13.1 Å². The number of carbonyl (C=O) groups is 1. The van der Waals surface area contributed by atoms with Gasteiger partial charge in [0, 0.05) is 13.1 Å². The third-order valence-corrected chi connectivity index (χ3v) is 5.77. The molecular weight excluding hydrogens is 296 g/mol. The van der Waals surface area contributed by atoms with E-state index in [1.54, 1.807) is 11.8 Å². The summed E-state index contributed by atoms with van der Waals surface area (Å²) in [5, 5.41) is 5.06. The molecule has 0 aromatic rings. The maximum absolute atomic E-state index is 12.2. The lowest BCUT2D eigenvalue weighted by Crippen LogP contribution is -2.43. The van der Waals surface area contributed by atoms with Gasteiger partial charge in [-0.2, -0.15) is 0 Å². The number of nitrogens with two attached hydrogens (primary N) is 1. The quantitative estimate of drug-likeness (QED) is 0.719. The number of piperidine rings is 1. The van der Waals surface area contributed by atoms with E-state index in [2.05, 4.69) is 6.92 Å². The van der Waals surface area contributed by atoms with Gasteiger partial charge in [0.05, 0.1) is 11.0 Å². The molecule has 0 spiro atoms. The highest BCUT2D eigenvalue weighted by Gasteiger charge is 2.27. The summed E-state index contributed by atoms with van der Waals surface area (Å²) in [6.45, 7) is 5.40. The molecule has 1 atom stereocenters. The third-order valence-electron chi connectivity index (χ3n) is 3.61. The molecular formula is C13H26N2O3S2. The van der Waals surface area contributed by atoms with E-state index in [4.69, 9.17) is 5.14 Å². The highest BCUT2D eigenvalue weighted by atomic mass is 32.2. The molecule has 1 amide bonds. The van der Waals surface area contributed by atoms with Crippen LogP contribution in [0.2, 0.25) is 0 Å². The number of primary sulfonamides is 1. The van der Waals surface area contributed by atoms with Crippen molar-refractivity contribution in [2.75, 3.05) is 24.6 Å². The predicted molar refractivity (Wildman–Crippen MR) is 84.1 cm³/mol. The van der Waals surface area contributed by atoms with Crippen LogP contribution in [0, 0.1) is 5.92 Å². The molecule has 1 aliphatic heterocycles. The lowest BCUT2D eigenvalue weighted by molar-refractivity contribution is -0.131. The first-order chi connectivity index (χ1) is 9.33. The lowest BCUT2D eigenvalue weighted by Gasteiger charge is -2.33. The van der Waals surface area contributed by atoms with Crippen molar-refractivity contribution in [2.24, 2.45) is 11.1 Å². The van der Waals surface area contributed by atoms with Gasteiger partial charge in [-0.05, 0) is 37.9 Å². The Balaban J connectivity index is 2.35. The molecule has 0 aromatic carbocycles. The number of amides is 1. The van der Waals surface area contributed by atoms with Crippen molar-refractivity contribution in [3.8, 4) is 0 Å². The summed E-state index contributed by atoms with van der Waals surface area (Å²) in [6.07, 6.45) is 3.74. The van der Waals surface area contributed by atoms with Gasteiger partial charge >= 0.3 is 0 Å². The van der Waals surface area contributed by atoms with Crippen molar-refractivity contribution >= 4 is 27.7 Å². The summed E-state index contributed by atoms with van der Waals surface area (Å²) in [5.41, 5.74) is 0. The van der Waals surface area contributed by atoms with Crippen molar-refractivity contribution in [3.63, 3.8) is 0 Å². The van der Waals surface area contributed by atoms with Gasteiger partial charge in [0.25, 0.3) is 0 Å². The highest BCUT2D eigenvalue weighted by molar-refractivity contribution is 8.00. The Hall–Kier alpha value is -0.270. The standard InChI is InChI=1S/C13H26N2O3S2/c1-3-4-9-19-11(2)13(16)15-7-5-12(6-8-15)10-20(14,17)18/h11-12H,3-10H2,1-2H3,(H2,14,17,18)/t11-/m1/s1. The SMILES string of the molecule is CCCCS[C@H](C)C(=O)N1CCC(CS(N)(=O)=O)CC1. The first-order valence-corrected chi connectivity index (χ1v) is 10.0. The Morgan fingerprint density at radius 1 is 1.40 bits per heavy atom. The van der Waals surface area contributed by atoms with E-state index in [-0.39, 0.29) is 22.8 Å². The minimum atomic E-state index is -3.40. The number of thioether (sulfide) groups is 1. The number of hydrogen-bond donors (Lipinski definition) is 1. The zero-order valence-electron chi connectivity index (χ0n) is 12.4. The number of rotatable bonds is 7. The van der Waals surface area contributed by atoms with Gasteiger partial charge < -0.3 is 4.90 Å². The molecule has 2 N–H and O–H groups in total. The maximum atomic E-state index is 12.2. The molecule has 0 aromatic heterocycles. The van der Waals surface area contributed by atoms with E-state index in [0.717, 1.165) is 31.4 Å². The second-order valence-electron chi connectivity index (χ2n) is 5.46. The molecule has 0 radical (unpaired) electrons. The van der Waals surface area contributed by atoms with Crippen molar-refractivity contribution in [1.29, 1.82) is 0 Å². The van der Waals surface area contributed by atoms with Gasteiger partial charge in [-0.3, -0.25) is 4.79 Å². The molecule has 118 valence electrons. The third kappa shape index (κ3) is 6.45. The number of nitrogens with zero attached hydrogens (tertiary/aromatic N) is 1. The average molecular weight is 322 g/mol. The first kappa shape index (κ1) is 17.8. The predicted octanol–water partition coefficient (Wildman–Crippen LogP) is 1.44. The Kier molecular flexibility index (Phi) is 7.33. The topological polar surface area (TPSA) is 80.5 Å². The van der Waals surface area contributed by atoms with Gasteiger partial charge in [-0.15, -0.1) is 11.8 Å². The van der Waals surface area contributed by atoms with Crippen LogP contribution in [0.1, 0.15) is 39.5 Å². The lowest BCUT2D eigenvalue weighted by atomic mass is 9.99. The van der Waals surface area contributed by atoms with Crippen molar-refractivity contribution in [2.45, 2.75) is 44.8 Å². The van der Waals surface area contributed by atoms with Gasteiger partial charge in [-0.1, -0.05) is 13.3 Å². The monoisotopic (exact) mass is 322 g/mol. The normalized spacial score (nSPS) is 19.1. The maximum Gasteiger partial charge on any atom is 0.235 e. The number of unbranched alkanes of at least 4 members (excludes halogenated alkanes) is 1. The van der Waals surface area contributed by atoms with Crippen LogP contribution in [0.3, 0.4) is 0 Å². The van der Waals surface area contributed by atoms with Crippen LogP contribution in [-0.4, -0.2) is 49.1 Å². The van der Waals surface area contributed by atoms with Gasteiger partial charge in [-0.25, -0.2) is 13.6 Å². The first-order valence-electron chi connectivity index (χ1n) is 7.24. The number of likely N-dealkylation sites (tertiary alicyclic amines) is 1. The summed E-state index contributed by atoms with van der Waals surface area (Å²) < 4.78 is 22.1. The Morgan fingerprint density at radius 3 is 2.50 bits per heavy atom. The fraction of sp³-hybridized carbons (Fsp3) is 0.923. The minimum absolute atomic E-state index is 0.00339.